The fourth-order valence-corrected chi connectivity index (χ4v) is 3.17. The smallest absolute Gasteiger partial charge is 0.0761 e. The van der Waals surface area contributed by atoms with Gasteiger partial charge in [-0.15, -0.1) is 11.8 Å². The first kappa shape index (κ1) is 13.9. The van der Waals surface area contributed by atoms with Crippen molar-refractivity contribution in [2.45, 2.75) is 56.3 Å². The molecule has 1 fully saturated rings. The summed E-state index contributed by atoms with van der Waals surface area (Å²) in [7, 11) is 0. The Bertz CT molecular complexity index is 384. The molecule has 1 aromatic carbocycles. The first-order chi connectivity index (χ1) is 8.46. The van der Waals surface area contributed by atoms with Crippen LogP contribution >= 0.6 is 11.8 Å². The van der Waals surface area contributed by atoms with Gasteiger partial charge in [-0.25, -0.2) is 0 Å². The Hall–Kier alpha value is -0.510. The summed E-state index contributed by atoms with van der Waals surface area (Å²) < 4.78 is 5.97. The molecule has 0 aliphatic carbocycles. The van der Waals surface area contributed by atoms with E-state index < -0.39 is 0 Å². The molecular weight excluding hydrogens is 244 g/mol. The van der Waals surface area contributed by atoms with Crippen molar-refractivity contribution in [1.82, 2.24) is 0 Å². The number of rotatable bonds is 4. The lowest BCUT2D eigenvalue weighted by molar-refractivity contribution is -0.00466. The Morgan fingerprint density at radius 2 is 2.06 bits per heavy atom. The van der Waals surface area contributed by atoms with Gasteiger partial charge in [-0.2, -0.15) is 0 Å². The Morgan fingerprint density at radius 3 is 2.56 bits per heavy atom. The third-order valence-electron chi connectivity index (χ3n) is 3.35. The second-order valence-electron chi connectivity index (χ2n) is 5.59. The summed E-state index contributed by atoms with van der Waals surface area (Å²) in [6.45, 7) is 6.11. The summed E-state index contributed by atoms with van der Waals surface area (Å²) >= 11 is 1.83. The highest BCUT2D eigenvalue weighted by Crippen LogP contribution is 2.32. The van der Waals surface area contributed by atoms with Gasteiger partial charge in [0.2, 0.25) is 0 Å². The minimum atomic E-state index is -0.386. The van der Waals surface area contributed by atoms with Crippen LogP contribution in [0.25, 0.3) is 0 Å². The van der Waals surface area contributed by atoms with Gasteiger partial charge in [0.15, 0.2) is 0 Å². The third-order valence-corrected chi connectivity index (χ3v) is 4.50. The highest BCUT2D eigenvalue weighted by Gasteiger charge is 2.31. The van der Waals surface area contributed by atoms with E-state index in [1.807, 2.05) is 23.9 Å². The SMILES string of the molecule is CC(O)c1ccc(SCC2CCC(C)(C)O2)cc1. The van der Waals surface area contributed by atoms with Gasteiger partial charge < -0.3 is 9.84 Å². The van der Waals surface area contributed by atoms with Gasteiger partial charge in [-0.3, -0.25) is 0 Å². The van der Waals surface area contributed by atoms with E-state index in [2.05, 4.69) is 26.0 Å². The molecule has 100 valence electrons. The van der Waals surface area contributed by atoms with Gasteiger partial charge in [-0.1, -0.05) is 12.1 Å². The zero-order chi connectivity index (χ0) is 13.2. The molecule has 18 heavy (non-hydrogen) atoms. The molecule has 0 saturated carbocycles. The summed E-state index contributed by atoms with van der Waals surface area (Å²) in [5.74, 6) is 1.01. The Morgan fingerprint density at radius 1 is 1.39 bits per heavy atom. The topological polar surface area (TPSA) is 29.5 Å². The molecule has 0 radical (unpaired) electrons. The minimum Gasteiger partial charge on any atom is -0.389 e. The number of benzene rings is 1. The average Bonchev–Trinajstić information content (AvgIpc) is 2.67. The van der Waals surface area contributed by atoms with Crippen LogP contribution in [0.5, 0.6) is 0 Å². The lowest BCUT2D eigenvalue weighted by Crippen LogP contribution is -2.20. The van der Waals surface area contributed by atoms with Crippen LogP contribution in [0.2, 0.25) is 0 Å². The molecule has 2 atom stereocenters. The quantitative estimate of drug-likeness (QED) is 0.841. The van der Waals surface area contributed by atoms with Crippen LogP contribution in [-0.2, 0) is 4.74 Å². The molecule has 1 aliphatic heterocycles. The molecule has 1 aliphatic rings. The first-order valence-electron chi connectivity index (χ1n) is 6.55. The largest absolute Gasteiger partial charge is 0.389 e. The van der Waals surface area contributed by atoms with Crippen molar-refractivity contribution < 1.29 is 9.84 Å². The predicted octanol–water partition coefficient (Wildman–Crippen LogP) is 3.79. The van der Waals surface area contributed by atoms with E-state index in [-0.39, 0.29) is 11.7 Å². The zero-order valence-corrected chi connectivity index (χ0v) is 12.2. The van der Waals surface area contributed by atoms with Crippen molar-refractivity contribution in [3.63, 3.8) is 0 Å². The second-order valence-corrected chi connectivity index (χ2v) is 6.69. The third kappa shape index (κ3) is 3.74. The van der Waals surface area contributed by atoms with Crippen molar-refractivity contribution in [3.8, 4) is 0 Å². The Kier molecular flexibility index (Phi) is 4.36. The molecule has 0 bridgehead atoms. The molecule has 2 nitrogen and oxygen atoms in total. The van der Waals surface area contributed by atoms with Crippen molar-refractivity contribution in [2.75, 3.05) is 5.75 Å². The van der Waals surface area contributed by atoms with E-state index in [0.29, 0.717) is 6.10 Å². The molecule has 2 unspecified atom stereocenters. The Balaban J connectivity index is 1.84. The van der Waals surface area contributed by atoms with Crippen LogP contribution in [-0.4, -0.2) is 22.6 Å². The molecular formula is C15H22O2S. The molecule has 0 aromatic heterocycles. The minimum absolute atomic E-state index is 0.0569. The predicted molar refractivity (Wildman–Crippen MR) is 76.0 cm³/mol. The number of ether oxygens (including phenoxy) is 1. The van der Waals surface area contributed by atoms with Crippen molar-refractivity contribution in [1.29, 1.82) is 0 Å². The standard InChI is InChI=1S/C15H22O2S/c1-11(16)12-4-6-14(7-5-12)18-10-13-8-9-15(2,3)17-13/h4-7,11,13,16H,8-10H2,1-3H3. The second kappa shape index (κ2) is 5.64. The monoisotopic (exact) mass is 266 g/mol. The fourth-order valence-electron chi connectivity index (χ4n) is 2.23. The maximum absolute atomic E-state index is 9.45. The maximum Gasteiger partial charge on any atom is 0.0761 e. The van der Waals surface area contributed by atoms with Crippen molar-refractivity contribution in [2.24, 2.45) is 0 Å². The lowest BCUT2D eigenvalue weighted by atomic mass is 10.1. The molecule has 1 aromatic rings. The number of aliphatic hydroxyl groups is 1. The van der Waals surface area contributed by atoms with E-state index >= 15 is 0 Å². The lowest BCUT2D eigenvalue weighted by Gasteiger charge is -2.19. The fraction of sp³-hybridized carbons (Fsp3) is 0.600. The van der Waals surface area contributed by atoms with E-state index in [4.69, 9.17) is 4.74 Å². The zero-order valence-electron chi connectivity index (χ0n) is 11.3. The van der Waals surface area contributed by atoms with Crippen molar-refractivity contribution in [3.05, 3.63) is 29.8 Å². The van der Waals surface area contributed by atoms with Crippen LogP contribution in [0, 0.1) is 0 Å². The number of thioether (sulfide) groups is 1. The number of aliphatic hydroxyl groups excluding tert-OH is 1. The van der Waals surface area contributed by atoms with Gasteiger partial charge in [0, 0.05) is 10.6 Å². The number of hydrogen-bond donors (Lipinski definition) is 1. The summed E-state index contributed by atoms with van der Waals surface area (Å²) in [5, 5.41) is 9.45. The molecule has 1 N–H and O–H groups in total. The molecule has 0 spiro atoms. The van der Waals surface area contributed by atoms with Gasteiger partial charge in [0.25, 0.3) is 0 Å². The highest BCUT2D eigenvalue weighted by molar-refractivity contribution is 7.99. The van der Waals surface area contributed by atoms with Crippen molar-refractivity contribution >= 4 is 11.8 Å². The average molecular weight is 266 g/mol. The van der Waals surface area contributed by atoms with Crippen LogP contribution in [0.1, 0.15) is 45.3 Å². The van der Waals surface area contributed by atoms with Crippen LogP contribution in [0.15, 0.2) is 29.2 Å². The highest BCUT2D eigenvalue weighted by atomic mass is 32.2. The molecule has 1 heterocycles. The Labute approximate surface area is 114 Å². The maximum atomic E-state index is 9.45. The van der Waals surface area contributed by atoms with E-state index in [9.17, 15) is 5.11 Å². The van der Waals surface area contributed by atoms with Crippen LogP contribution in [0.3, 0.4) is 0 Å². The molecule has 2 rings (SSSR count). The number of hydrogen-bond acceptors (Lipinski definition) is 3. The molecule has 3 heteroatoms. The van der Waals surface area contributed by atoms with Gasteiger partial charge in [0.1, 0.15) is 0 Å². The summed E-state index contributed by atoms with van der Waals surface area (Å²) in [4.78, 5) is 1.24. The van der Waals surface area contributed by atoms with E-state index in [1.54, 1.807) is 6.92 Å². The molecule has 0 amide bonds. The van der Waals surface area contributed by atoms with E-state index in [0.717, 1.165) is 24.2 Å². The summed E-state index contributed by atoms with van der Waals surface area (Å²) in [6, 6.07) is 8.14. The summed E-state index contributed by atoms with van der Waals surface area (Å²) in [6.07, 6.45) is 2.30. The van der Waals surface area contributed by atoms with Gasteiger partial charge in [-0.05, 0) is 51.3 Å². The normalized spacial score (nSPS) is 24.1. The summed E-state index contributed by atoms with van der Waals surface area (Å²) in [5.41, 5.74) is 1.03. The van der Waals surface area contributed by atoms with E-state index in [1.165, 1.54) is 4.90 Å². The van der Waals surface area contributed by atoms with Crippen LogP contribution < -0.4 is 0 Å². The van der Waals surface area contributed by atoms with Crippen LogP contribution in [0.4, 0.5) is 0 Å². The first-order valence-corrected chi connectivity index (χ1v) is 7.53. The van der Waals surface area contributed by atoms with Gasteiger partial charge >= 0.3 is 0 Å². The van der Waals surface area contributed by atoms with Gasteiger partial charge in [0.05, 0.1) is 17.8 Å². The molecule has 1 saturated heterocycles.